The zero-order valence-electron chi connectivity index (χ0n) is 20.0. The average molecular weight is 648 g/mol. The minimum atomic E-state index is -4.29. The molecule has 0 spiro atoms. The van der Waals surface area contributed by atoms with Gasteiger partial charge in [0.25, 0.3) is 11.6 Å². The van der Waals surface area contributed by atoms with Crippen LogP contribution < -0.4 is 9.08 Å². The third kappa shape index (κ3) is 6.75. The normalized spacial score (nSPS) is 14.5. The molecule has 13 heteroatoms. The lowest BCUT2D eigenvalue weighted by Crippen LogP contribution is -2.47. The van der Waals surface area contributed by atoms with Crippen LogP contribution in [0.3, 0.4) is 0 Å². The van der Waals surface area contributed by atoms with Crippen LogP contribution in [-0.4, -0.2) is 86.0 Å². The summed E-state index contributed by atoms with van der Waals surface area (Å²) in [5.41, 5.74) is 0.550. The first kappa shape index (κ1) is 28.4. The summed E-state index contributed by atoms with van der Waals surface area (Å²) in [7, 11) is -2.35. The molecular formula is C23H28Br2N4O6S. The van der Waals surface area contributed by atoms with Crippen LogP contribution >= 0.6 is 31.9 Å². The van der Waals surface area contributed by atoms with Crippen LogP contribution in [-0.2, 0) is 10.1 Å². The maximum atomic E-state index is 13.4. The van der Waals surface area contributed by atoms with Gasteiger partial charge in [0.2, 0.25) is 0 Å². The van der Waals surface area contributed by atoms with Gasteiger partial charge >= 0.3 is 10.1 Å². The number of carbonyl (C=O) groups excluding carboxylic acids is 1. The van der Waals surface area contributed by atoms with E-state index in [1.165, 1.54) is 18.2 Å². The number of hydrogen-bond acceptors (Lipinski definition) is 8. The first-order chi connectivity index (χ1) is 17.1. The summed E-state index contributed by atoms with van der Waals surface area (Å²) >= 11 is 6.79. The molecule has 1 aliphatic heterocycles. The minimum Gasteiger partial charge on any atom is -0.376 e. The molecule has 36 heavy (non-hydrogen) atoms. The van der Waals surface area contributed by atoms with Gasteiger partial charge in [-0.05, 0) is 32.2 Å². The third-order valence-corrected chi connectivity index (χ3v) is 7.81. The van der Waals surface area contributed by atoms with Crippen molar-refractivity contribution in [1.82, 2.24) is 9.80 Å². The Hall–Kier alpha value is -2.22. The van der Waals surface area contributed by atoms with Crippen molar-refractivity contribution in [2.75, 3.05) is 61.9 Å². The molecule has 3 rings (SSSR count). The Labute approximate surface area is 227 Å². The highest BCUT2D eigenvalue weighted by molar-refractivity contribution is 9.09. The highest BCUT2D eigenvalue weighted by Crippen LogP contribution is 2.38. The number of nitrogens with zero attached hydrogens (tertiary/aromatic N) is 4. The summed E-state index contributed by atoms with van der Waals surface area (Å²) < 4.78 is 31.6. The van der Waals surface area contributed by atoms with Crippen LogP contribution in [0, 0.1) is 17.0 Å². The van der Waals surface area contributed by atoms with E-state index in [4.69, 9.17) is 4.18 Å². The molecule has 1 fully saturated rings. The number of amides is 1. The summed E-state index contributed by atoms with van der Waals surface area (Å²) in [6, 6.07) is 8.53. The number of likely N-dealkylation sites (N-methyl/N-ethyl adjacent to an activating group) is 1. The van der Waals surface area contributed by atoms with Gasteiger partial charge in [-0.2, -0.15) is 8.42 Å². The number of aryl methyl sites for hydroxylation is 1. The first-order valence-electron chi connectivity index (χ1n) is 11.3. The van der Waals surface area contributed by atoms with Crippen molar-refractivity contribution in [2.24, 2.45) is 0 Å². The van der Waals surface area contributed by atoms with E-state index in [9.17, 15) is 23.3 Å². The Kier molecular flexibility index (Phi) is 9.72. The lowest BCUT2D eigenvalue weighted by molar-refractivity contribution is -0.385. The fraction of sp³-hybridized carbons (Fsp3) is 0.435. The van der Waals surface area contributed by atoms with Crippen LogP contribution in [0.5, 0.6) is 5.75 Å². The van der Waals surface area contributed by atoms with Gasteiger partial charge in [0, 0.05) is 49.9 Å². The van der Waals surface area contributed by atoms with Gasteiger partial charge in [-0.15, -0.1) is 0 Å². The molecule has 0 unspecified atom stereocenters. The van der Waals surface area contributed by atoms with E-state index in [0.717, 1.165) is 11.6 Å². The molecule has 1 heterocycles. The largest absolute Gasteiger partial charge is 0.376 e. The summed E-state index contributed by atoms with van der Waals surface area (Å²) in [5, 5.41) is 13.1. The molecule has 0 radical (unpaired) electrons. The predicted octanol–water partition coefficient (Wildman–Crippen LogP) is 3.65. The number of alkyl halides is 2. The van der Waals surface area contributed by atoms with Crippen LogP contribution in [0.15, 0.2) is 41.3 Å². The van der Waals surface area contributed by atoms with Gasteiger partial charge in [0.15, 0.2) is 5.75 Å². The van der Waals surface area contributed by atoms with Crippen molar-refractivity contribution in [2.45, 2.75) is 11.8 Å². The molecule has 0 aliphatic carbocycles. The van der Waals surface area contributed by atoms with E-state index < -0.39 is 26.6 Å². The molecule has 1 amide bonds. The molecule has 0 bridgehead atoms. The SMILES string of the molecule is Cc1ccc(S(=O)(=O)Oc2cc([N+](=O)[O-])c(C(=O)N3CCN(C)CC3)cc2N(CCBr)CCBr)cc1. The fourth-order valence-electron chi connectivity index (χ4n) is 3.80. The van der Waals surface area contributed by atoms with Crippen LogP contribution in [0.2, 0.25) is 0 Å². The van der Waals surface area contributed by atoms with E-state index in [-0.39, 0.29) is 21.9 Å². The maximum Gasteiger partial charge on any atom is 0.339 e. The minimum absolute atomic E-state index is 0.0770. The van der Waals surface area contributed by atoms with Gasteiger partial charge < -0.3 is 18.9 Å². The first-order valence-corrected chi connectivity index (χ1v) is 14.9. The second kappa shape index (κ2) is 12.3. The number of anilines is 1. The van der Waals surface area contributed by atoms with Crippen LogP contribution in [0.1, 0.15) is 15.9 Å². The van der Waals surface area contributed by atoms with Crippen molar-refractivity contribution in [3.8, 4) is 5.75 Å². The van der Waals surface area contributed by atoms with Gasteiger partial charge in [-0.1, -0.05) is 49.6 Å². The number of benzene rings is 2. The Bertz CT molecular complexity index is 1200. The third-order valence-electron chi connectivity index (χ3n) is 5.85. The highest BCUT2D eigenvalue weighted by atomic mass is 79.9. The standard InChI is InChI=1S/C23H28Br2N4O6S/c1-17-3-5-18(6-4-17)36(33,34)35-22-16-20(29(31)32)19(15-21(22)27(9-7-24)10-8-25)23(30)28-13-11-26(2)12-14-28/h3-6,15-16H,7-14H2,1-2H3. The Morgan fingerprint density at radius 2 is 1.67 bits per heavy atom. The number of carbonyl (C=O) groups is 1. The monoisotopic (exact) mass is 646 g/mol. The van der Waals surface area contributed by atoms with Gasteiger partial charge in [0.05, 0.1) is 16.7 Å². The van der Waals surface area contributed by atoms with E-state index in [1.807, 2.05) is 18.9 Å². The molecule has 196 valence electrons. The summed E-state index contributed by atoms with van der Waals surface area (Å²) in [6.07, 6.45) is 0. The molecule has 2 aromatic rings. The van der Waals surface area contributed by atoms with Crippen LogP contribution in [0.4, 0.5) is 11.4 Å². The number of nitro groups is 1. The molecular weight excluding hydrogens is 620 g/mol. The van der Waals surface area contributed by atoms with Crippen LogP contribution in [0.25, 0.3) is 0 Å². The van der Waals surface area contributed by atoms with E-state index >= 15 is 0 Å². The van der Waals surface area contributed by atoms with Crippen molar-refractivity contribution >= 4 is 59.3 Å². The average Bonchev–Trinajstić information content (AvgIpc) is 2.84. The number of piperazine rings is 1. The van der Waals surface area contributed by atoms with E-state index in [1.54, 1.807) is 17.0 Å². The lowest BCUT2D eigenvalue weighted by Gasteiger charge is -2.32. The van der Waals surface area contributed by atoms with Crippen molar-refractivity contribution in [3.63, 3.8) is 0 Å². The topological polar surface area (TPSA) is 113 Å². The Morgan fingerprint density at radius 3 is 2.19 bits per heavy atom. The molecule has 0 atom stereocenters. The summed E-state index contributed by atoms with van der Waals surface area (Å²) in [5.74, 6) is -0.680. The maximum absolute atomic E-state index is 13.4. The summed E-state index contributed by atoms with van der Waals surface area (Å²) in [4.78, 5) is 30.1. The number of nitro benzene ring substituents is 1. The quantitative estimate of drug-likeness (QED) is 0.166. The molecule has 10 nitrogen and oxygen atoms in total. The van der Waals surface area contributed by atoms with Crippen molar-refractivity contribution in [3.05, 3.63) is 57.6 Å². The number of hydrogen-bond donors (Lipinski definition) is 0. The lowest BCUT2D eigenvalue weighted by atomic mass is 10.1. The van der Waals surface area contributed by atoms with E-state index in [0.29, 0.717) is 49.9 Å². The molecule has 1 aliphatic rings. The molecule has 0 aromatic heterocycles. The Balaban J connectivity index is 2.13. The van der Waals surface area contributed by atoms with Gasteiger partial charge in [0.1, 0.15) is 10.5 Å². The molecule has 0 N–H and O–H groups in total. The number of rotatable bonds is 10. The zero-order valence-corrected chi connectivity index (χ0v) is 24.0. The molecule has 1 saturated heterocycles. The zero-order chi connectivity index (χ0) is 26.5. The van der Waals surface area contributed by atoms with Crippen molar-refractivity contribution in [1.29, 1.82) is 0 Å². The highest BCUT2D eigenvalue weighted by Gasteiger charge is 2.32. The van der Waals surface area contributed by atoms with Gasteiger partial charge in [-0.3, -0.25) is 14.9 Å². The number of halogens is 2. The van der Waals surface area contributed by atoms with Crippen molar-refractivity contribution < 1.29 is 22.3 Å². The molecule has 2 aromatic carbocycles. The fourth-order valence-corrected chi connectivity index (χ4v) is 5.59. The predicted molar refractivity (Wildman–Crippen MR) is 145 cm³/mol. The second-order valence-electron chi connectivity index (χ2n) is 8.41. The molecule has 0 saturated carbocycles. The smallest absolute Gasteiger partial charge is 0.339 e. The van der Waals surface area contributed by atoms with E-state index in [2.05, 4.69) is 36.8 Å². The summed E-state index contributed by atoms with van der Waals surface area (Å²) in [6.45, 7) is 4.92. The Morgan fingerprint density at radius 1 is 1.08 bits per heavy atom. The second-order valence-corrected chi connectivity index (χ2v) is 11.5. The van der Waals surface area contributed by atoms with Gasteiger partial charge in [-0.25, -0.2) is 0 Å².